The van der Waals surface area contributed by atoms with Gasteiger partial charge in [-0.25, -0.2) is 13.1 Å². The molecular weight excluding hydrogens is 320 g/mol. The molecule has 0 aliphatic heterocycles. The highest BCUT2D eigenvalue weighted by atomic mass is 32.2. The number of anilines is 1. The molecular formula is C19H26N2O2S. The Balaban J connectivity index is 1.79. The Morgan fingerprint density at radius 3 is 2.29 bits per heavy atom. The lowest BCUT2D eigenvalue weighted by atomic mass is 10.1. The number of rotatable bonds is 8. The summed E-state index contributed by atoms with van der Waals surface area (Å²) in [7, 11) is 0.738. The second-order valence-corrected chi connectivity index (χ2v) is 8.05. The van der Waals surface area contributed by atoms with Crippen molar-refractivity contribution in [2.45, 2.75) is 25.5 Å². The van der Waals surface area contributed by atoms with Crippen molar-refractivity contribution >= 4 is 15.7 Å². The summed E-state index contributed by atoms with van der Waals surface area (Å²) >= 11 is 0. The maximum absolute atomic E-state index is 12.2. The second kappa shape index (κ2) is 8.31. The minimum Gasteiger partial charge on any atom is -0.378 e. The van der Waals surface area contributed by atoms with Crippen LogP contribution < -0.4 is 9.62 Å². The van der Waals surface area contributed by atoms with E-state index in [-0.39, 0.29) is 5.75 Å². The highest BCUT2D eigenvalue weighted by molar-refractivity contribution is 7.88. The first-order valence-corrected chi connectivity index (χ1v) is 9.81. The van der Waals surface area contributed by atoms with Gasteiger partial charge in [0.15, 0.2) is 0 Å². The molecule has 2 aromatic rings. The van der Waals surface area contributed by atoms with Gasteiger partial charge in [0.05, 0.1) is 5.75 Å². The van der Waals surface area contributed by atoms with Gasteiger partial charge in [-0.2, -0.15) is 0 Å². The summed E-state index contributed by atoms with van der Waals surface area (Å²) < 4.78 is 27.0. The molecule has 0 bridgehead atoms. The molecule has 0 aromatic heterocycles. The van der Waals surface area contributed by atoms with Crippen LogP contribution in [0.15, 0.2) is 48.5 Å². The molecule has 0 fully saturated rings. The Kier molecular flexibility index (Phi) is 6.40. The predicted molar refractivity (Wildman–Crippen MR) is 101 cm³/mol. The Hall–Kier alpha value is -1.85. The summed E-state index contributed by atoms with van der Waals surface area (Å²) in [6.45, 7) is 2.39. The maximum atomic E-state index is 12.2. The molecule has 0 unspecified atom stereocenters. The third-order valence-corrected chi connectivity index (χ3v) is 5.36. The van der Waals surface area contributed by atoms with E-state index in [1.54, 1.807) is 0 Å². The van der Waals surface area contributed by atoms with Gasteiger partial charge >= 0.3 is 0 Å². The SMILES string of the molecule is Cc1ccccc1CS(=O)(=O)NCCCc1ccc(N(C)C)cc1. The maximum Gasteiger partial charge on any atom is 0.215 e. The molecule has 0 atom stereocenters. The van der Waals surface area contributed by atoms with Crippen LogP contribution in [0.3, 0.4) is 0 Å². The third-order valence-electron chi connectivity index (χ3n) is 4.02. The number of benzene rings is 2. The molecule has 5 heteroatoms. The number of hydrogen-bond donors (Lipinski definition) is 1. The number of aryl methyl sites for hydroxylation is 2. The number of nitrogens with one attached hydrogen (secondary N) is 1. The van der Waals surface area contributed by atoms with Gasteiger partial charge < -0.3 is 4.90 Å². The number of sulfonamides is 1. The van der Waals surface area contributed by atoms with Crippen molar-refractivity contribution in [1.82, 2.24) is 4.72 Å². The van der Waals surface area contributed by atoms with Crippen LogP contribution in [0.1, 0.15) is 23.1 Å². The van der Waals surface area contributed by atoms with Gasteiger partial charge in [-0.1, -0.05) is 36.4 Å². The van der Waals surface area contributed by atoms with Crippen LogP contribution in [0.4, 0.5) is 5.69 Å². The van der Waals surface area contributed by atoms with Gasteiger partial charge in [-0.15, -0.1) is 0 Å². The largest absolute Gasteiger partial charge is 0.378 e. The second-order valence-electron chi connectivity index (χ2n) is 6.24. The molecule has 0 saturated carbocycles. The summed E-state index contributed by atoms with van der Waals surface area (Å²) in [4.78, 5) is 2.06. The van der Waals surface area contributed by atoms with E-state index in [9.17, 15) is 8.42 Å². The zero-order valence-corrected chi connectivity index (χ0v) is 15.4. The average Bonchev–Trinajstić information content (AvgIpc) is 2.54. The first-order valence-electron chi connectivity index (χ1n) is 8.15. The Morgan fingerprint density at radius 2 is 1.67 bits per heavy atom. The highest BCUT2D eigenvalue weighted by Crippen LogP contribution is 2.13. The molecule has 2 aromatic carbocycles. The standard InChI is InChI=1S/C19H26N2O2S/c1-16-7-4-5-9-18(16)15-24(22,23)20-14-6-8-17-10-12-19(13-11-17)21(2)3/h4-5,7,9-13,20H,6,8,14-15H2,1-3H3. The fourth-order valence-electron chi connectivity index (χ4n) is 2.51. The first-order chi connectivity index (χ1) is 11.4. The average molecular weight is 346 g/mol. The molecule has 0 aliphatic carbocycles. The van der Waals surface area contributed by atoms with Crippen molar-refractivity contribution in [2.75, 3.05) is 25.5 Å². The van der Waals surface area contributed by atoms with Crippen LogP contribution in [0.5, 0.6) is 0 Å². The lowest BCUT2D eigenvalue weighted by Crippen LogP contribution is -2.26. The van der Waals surface area contributed by atoms with E-state index in [1.807, 2.05) is 45.3 Å². The molecule has 0 heterocycles. The summed E-state index contributed by atoms with van der Waals surface area (Å²) in [5, 5.41) is 0. The Morgan fingerprint density at radius 1 is 1.00 bits per heavy atom. The zero-order valence-electron chi connectivity index (χ0n) is 14.6. The van der Waals surface area contributed by atoms with Gasteiger partial charge in [-0.05, 0) is 48.6 Å². The molecule has 0 radical (unpaired) electrons. The van der Waals surface area contributed by atoms with Crippen molar-refractivity contribution in [1.29, 1.82) is 0 Å². The minimum absolute atomic E-state index is 0.0389. The van der Waals surface area contributed by atoms with E-state index < -0.39 is 10.0 Å². The minimum atomic E-state index is -3.29. The van der Waals surface area contributed by atoms with Gasteiger partial charge in [0.2, 0.25) is 10.0 Å². The smallest absolute Gasteiger partial charge is 0.215 e. The molecule has 0 spiro atoms. The van der Waals surface area contributed by atoms with Crippen LogP contribution in [-0.4, -0.2) is 29.1 Å². The number of hydrogen-bond acceptors (Lipinski definition) is 3. The lowest BCUT2D eigenvalue weighted by Gasteiger charge is -2.12. The molecule has 130 valence electrons. The first kappa shape index (κ1) is 18.5. The van der Waals surface area contributed by atoms with E-state index in [4.69, 9.17) is 0 Å². The fourth-order valence-corrected chi connectivity index (χ4v) is 3.80. The predicted octanol–water partition coefficient (Wildman–Crippen LogP) is 3.11. The normalized spacial score (nSPS) is 11.5. The van der Waals surface area contributed by atoms with E-state index in [2.05, 4.69) is 33.9 Å². The van der Waals surface area contributed by atoms with Crippen LogP contribution in [0.25, 0.3) is 0 Å². The Labute approximate surface area is 145 Å². The quantitative estimate of drug-likeness (QED) is 0.747. The van der Waals surface area contributed by atoms with Crippen LogP contribution >= 0.6 is 0 Å². The van der Waals surface area contributed by atoms with E-state index >= 15 is 0 Å². The summed E-state index contributed by atoms with van der Waals surface area (Å²) in [5.74, 6) is 0.0389. The van der Waals surface area contributed by atoms with Crippen molar-refractivity contribution in [2.24, 2.45) is 0 Å². The monoisotopic (exact) mass is 346 g/mol. The van der Waals surface area contributed by atoms with Crippen molar-refractivity contribution in [3.63, 3.8) is 0 Å². The van der Waals surface area contributed by atoms with Crippen molar-refractivity contribution in [3.05, 3.63) is 65.2 Å². The van der Waals surface area contributed by atoms with E-state index in [1.165, 1.54) is 5.56 Å². The molecule has 0 aliphatic rings. The molecule has 1 N–H and O–H groups in total. The van der Waals surface area contributed by atoms with Crippen molar-refractivity contribution in [3.8, 4) is 0 Å². The van der Waals surface area contributed by atoms with Crippen LogP contribution in [0, 0.1) is 6.92 Å². The van der Waals surface area contributed by atoms with Gasteiger partial charge in [0, 0.05) is 26.3 Å². The summed E-state index contributed by atoms with van der Waals surface area (Å²) in [6, 6.07) is 15.9. The molecule has 0 amide bonds. The van der Waals surface area contributed by atoms with E-state index in [0.717, 1.165) is 29.7 Å². The van der Waals surface area contributed by atoms with Gasteiger partial charge in [-0.3, -0.25) is 0 Å². The lowest BCUT2D eigenvalue weighted by molar-refractivity contribution is 0.578. The summed E-state index contributed by atoms with van der Waals surface area (Å²) in [6.07, 6.45) is 1.65. The van der Waals surface area contributed by atoms with E-state index in [0.29, 0.717) is 6.54 Å². The topological polar surface area (TPSA) is 49.4 Å². The Bertz CT molecular complexity index is 753. The molecule has 2 rings (SSSR count). The van der Waals surface area contributed by atoms with Gasteiger partial charge in [0.25, 0.3) is 0 Å². The fraction of sp³-hybridized carbons (Fsp3) is 0.368. The number of nitrogens with zero attached hydrogens (tertiary/aromatic N) is 1. The van der Waals surface area contributed by atoms with Crippen LogP contribution in [-0.2, 0) is 22.2 Å². The molecule has 0 saturated heterocycles. The highest BCUT2D eigenvalue weighted by Gasteiger charge is 2.12. The van der Waals surface area contributed by atoms with Gasteiger partial charge in [0.1, 0.15) is 0 Å². The van der Waals surface area contributed by atoms with Crippen molar-refractivity contribution < 1.29 is 8.42 Å². The van der Waals surface area contributed by atoms with Crippen LogP contribution in [0.2, 0.25) is 0 Å². The molecule has 4 nitrogen and oxygen atoms in total. The third kappa shape index (κ3) is 5.65. The zero-order chi connectivity index (χ0) is 17.6. The summed E-state index contributed by atoms with van der Waals surface area (Å²) in [5.41, 5.74) is 4.24. The molecule has 24 heavy (non-hydrogen) atoms.